The van der Waals surface area contributed by atoms with Crippen molar-refractivity contribution in [2.45, 2.75) is 19.8 Å². The van der Waals surface area contributed by atoms with Crippen LogP contribution in [0.4, 0.5) is 9.52 Å². The summed E-state index contributed by atoms with van der Waals surface area (Å²) in [5.41, 5.74) is 2.07. The zero-order valence-corrected chi connectivity index (χ0v) is 14.2. The van der Waals surface area contributed by atoms with E-state index < -0.39 is 5.82 Å². The van der Waals surface area contributed by atoms with Crippen molar-refractivity contribution in [1.29, 1.82) is 0 Å². The van der Waals surface area contributed by atoms with E-state index in [1.807, 2.05) is 12.1 Å². The molecule has 0 aliphatic heterocycles. The second-order valence-electron chi connectivity index (χ2n) is 5.67. The van der Waals surface area contributed by atoms with Crippen LogP contribution in [0.5, 0.6) is 5.75 Å². The van der Waals surface area contributed by atoms with Gasteiger partial charge in [0.2, 0.25) is 0 Å². The summed E-state index contributed by atoms with van der Waals surface area (Å²) in [6.45, 7) is 3.99. The lowest BCUT2D eigenvalue weighted by Gasteiger charge is -2.06. The highest BCUT2D eigenvalue weighted by atomic mass is 32.1. The van der Waals surface area contributed by atoms with Crippen molar-refractivity contribution >= 4 is 32.6 Å². The normalized spacial score (nSPS) is 11.0. The van der Waals surface area contributed by atoms with Crippen LogP contribution in [0.3, 0.4) is 0 Å². The Bertz CT molecular complexity index is 876. The number of halogens is 1. The number of nitrogens with one attached hydrogen (secondary N) is 1. The number of para-hydroxylation sites is 1. The third-order valence-electron chi connectivity index (χ3n) is 3.52. The molecular formula is C18H17FN2O2S. The molecule has 0 saturated heterocycles. The van der Waals surface area contributed by atoms with E-state index in [1.165, 1.54) is 29.0 Å². The molecule has 0 atom stereocenters. The molecule has 1 aromatic heterocycles. The second-order valence-corrected chi connectivity index (χ2v) is 6.70. The van der Waals surface area contributed by atoms with Crippen molar-refractivity contribution in [1.82, 2.24) is 4.98 Å². The summed E-state index contributed by atoms with van der Waals surface area (Å²) < 4.78 is 19.6. The van der Waals surface area contributed by atoms with Gasteiger partial charge in [-0.15, -0.1) is 0 Å². The summed E-state index contributed by atoms with van der Waals surface area (Å²) in [4.78, 5) is 16.3. The minimum absolute atomic E-state index is 0.0542. The van der Waals surface area contributed by atoms with Gasteiger partial charge in [0, 0.05) is 0 Å². The number of amides is 1. The first-order valence-corrected chi connectivity index (χ1v) is 8.42. The fourth-order valence-electron chi connectivity index (χ4n) is 2.21. The van der Waals surface area contributed by atoms with Crippen molar-refractivity contribution in [2.24, 2.45) is 0 Å². The van der Waals surface area contributed by atoms with Gasteiger partial charge in [-0.3, -0.25) is 10.1 Å². The Hall–Kier alpha value is -2.47. The van der Waals surface area contributed by atoms with Crippen LogP contribution in [0.15, 0.2) is 42.5 Å². The van der Waals surface area contributed by atoms with Gasteiger partial charge in [-0.25, -0.2) is 9.37 Å². The first-order chi connectivity index (χ1) is 11.5. The summed E-state index contributed by atoms with van der Waals surface area (Å²) in [5.74, 6) is -0.380. The molecule has 0 aliphatic carbocycles. The van der Waals surface area contributed by atoms with Crippen molar-refractivity contribution < 1.29 is 13.9 Å². The largest absolute Gasteiger partial charge is 0.481 e. The van der Waals surface area contributed by atoms with Crippen LogP contribution >= 0.6 is 11.3 Å². The average molecular weight is 344 g/mol. The standard InChI is InChI=1S/C18H17FN2O2S/c1-11(2)12-7-8-14-16(9-12)24-18(20-14)21-17(22)10-23-15-6-4-3-5-13(15)19/h3-9,11H,10H2,1-2H3,(H,20,21,22). The minimum Gasteiger partial charge on any atom is -0.481 e. The molecule has 0 saturated carbocycles. The van der Waals surface area contributed by atoms with Crippen LogP contribution in [0.25, 0.3) is 10.2 Å². The molecule has 2 aromatic carbocycles. The van der Waals surface area contributed by atoms with Crippen LogP contribution < -0.4 is 10.1 Å². The number of hydrogen-bond donors (Lipinski definition) is 1. The maximum atomic E-state index is 13.4. The number of anilines is 1. The van der Waals surface area contributed by atoms with E-state index in [1.54, 1.807) is 12.1 Å². The van der Waals surface area contributed by atoms with Gasteiger partial charge in [-0.2, -0.15) is 0 Å². The Kier molecular flexibility index (Phi) is 4.76. The smallest absolute Gasteiger partial charge is 0.264 e. The van der Waals surface area contributed by atoms with Crippen molar-refractivity contribution in [3.8, 4) is 5.75 Å². The van der Waals surface area contributed by atoms with E-state index in [0.717, 1.165) is 10.2 Å². The molecule has 124 valence electrons. The zero-order chi connectivity index (χ0) is 17.1. The number of thiazole rings is 1. The van der Waals surface area contributed by atoms with Gasteiger partial charge in [0.25, 0.3) is 5.91 Å². The highest BCUT2D eigenvalue weighted by Gasteiger charge is 2.11. The third kappa shape index (κ3) is 3.71. The molecule has 6 heteroatoms. The monoisotopic (exact) mass is 344 g/mol. The van der Waals surface area contributed by atoms with E-state index in [9.17, 15) is 9.18 Å². The van der Waals surface area contributed by atoms with Crippen LogP contribution in [0.1, 0.15) is 25.3 Å². The quantitative estimate of drug-likeness (QED) is 0.737. The predicted octanol–water partition coefficient (Wildman–Crippen LogP) is 4.58. The van der Waals surface area contributed by atoms with Gasteiger partial charge in [-0.1, -0.05) is 43.4 Å². The summed E-state index contributed by atoms with van der Waals surface area (Å²) in [5, 5.41) is 3.20. The Morgan fingerprint density at radius 1 is 1.29 bits per heavy atom. The molecule has 0 bridgehead atoms. The lowest BCUT2D eigenvalue weighted by Crippen LogP contribution is -2.20. The predicted molar refractivity (Wildman–Crippen MR) is 94.2 cm³/mol. The molecule has 3 aromatic rings. The first-order valence-electron chi connectivity index (χ1n) is 7.60. The fourth-order valence-corrected chi connectivity index (χ4v) is 3.14. The van der Waals surface area contributed by atoms with E-state index in [-0.39, 0.29) is 18.3 Å². The lowest BCUT2D eigenvalue weighted by atomic mass is 10.0. The van der Waals surface area contributed by atoms with E-state index in [0.29, 0.717) is 11.0 Å². The molecule has 1 heterocycles. The minimum atomic E-state index is -0.494. The SMILES string of the molecule is CC(C)c1ccc2nc(NC(=O)COc3ccccc3F)sc2c1. The second kappa shape index (κ2) is 6.97. The van der Waals surface area contributed by atoms with E-state index in [2.05, 4.69) is 30.2 Å². The zero-order valence-electron chi connectivity index (χ0n) is 13.4. The number of rotatable bonds is 5. The Labute approximate surface area is 143 Å². The number of aromatic nitrogens is 1. The number of benzene rings is 2. The molecule has 0 aliphatic rings. The number of hydrogen-bond acceptors (Lipinski definition) is 4. The van der Waals surface area contributed by atoms with Gasteiger partial charge >= 0.3 is 0 Å². The van der Waals surface area contributed by atoms with Crippen molar-refractivity contribution in [2.75, 3.05) is 11.9 Å². The topological polar surface area (TPSA) is 51.2 Å². The lowest BCUT2D eigenvalue weighted by molar-refractivity contribution is -0.118. The first kappa shape index (κ1) is 16.4. The maximum absolute atomic E-state index is 13.4. The molecule has 4 nitrogen and oxygen atoms in total. The van der Waals surface area contributed by atoms with Crippen LogP contribution in [-0.2, 0) is 4.79 Å². The van der Waals surface area contributed by atoms with Crippen LogP contribution in [0, 0.1) is 5.82 Å². The highest BCUT2D eigenvalue weighted by Crippen LogP contribution is 2.29. The summed E-state index contributed by atoms with van der Waals surface area (Å²) in [6, 6.07) is 12.1. The molecule has 0 fully saturated rings. The Balaban J connectivity index is 1.66. The highest BCUT2D eigenvalue weighted by molar-refractivity contribution is 7.22. The molecule has 1 amide bonds. The molecule has 0 unspecified atom stereocenters. The number of carbonyl (C=O) groups is 1. The van der Waals surface area contributed by atoms with Gasteiger partial charge in [-0.05, 0) is 35.7 Å². The average Bonchev–Trinajstić information content (AvgIpc) is 2.95. The summed E-state index contributed by atoms with van der Waals surface area (Å²) in [7, 11) is 0. The van der Waals surface area contributed by atoms with E-state index in [4.69, 9.17) is 4.74 Å². The number of nitrogens with zero attached hydrogens (tertiary/aromatic N) is 1. The molecule has 3 rings (SSSR count). The fraction of sp³-hybridized carbons (Fsp3) is 0.222. The maximum Gasteiger partial charge on any atom is 0.264 e. The molecule has 0 radical (unpaired) electrons. The number of fused-ring (bicyclic) bond motifs is 1. The van der Waals surface area contributed by atoms with Gasteiger partial charge in [0.15, 0.2) is 23.3 Å². The van der Waals surface area contributed by atoms with Crippen molar-refractivity contribution in [3.63, 3.8) is 0 Å². The Morgan fingerprint density at radius 3 is 2.83 bits per heavy atom. The summed E-state index contributed by atoms with van der Waals surface area (Å²) in [6.07, 6.45) is 0. The third-order valence-corrected chi connectivity index (χ3v) is 4.45. The van der Waals surface area contributed by atoms with Gasteiger partial charge in [0.05, 0.1) is 10.2 Å². The molecule has 1 N–H and O–H groups in total. The van der Waals surface area contributed by atoms with Gasteiger partial charge in [0.1, 0.15) is 0 Å². The van der Waals surface area contributed by atoms with E-state index >= 15 is 0 Å². The van der Waals surface area contributed by atoms with Crippen LogP contribution in [0.2, 0.25) is 0 Å². The summed E-state index contributed by atoms with van der Waals surface area (Å²) >= 11 is 1.41. The molecule has 24 heavy (non-hydrogen) atoms. The number of carbonyl (C=O) groups excluding carboxylic acids is 1. The molecule has 0 spiro atoms. The Morgan fingerprint density at radius 2 is 2.08 bits per heavy atom. The van der Waals surface area contributed by atoms with Crippen molar-refractivity contribution in [3.05, 3.63) is 53.8 Å². The molecular weight excluding hydrogens is 327 g/mol. The van der Waals surface area contributed by atoms with Crippen LogP contribution in [-0.4, -0.2) is 17.5 Å². The van der Waals surface area contributed by atoms with Gasteiger partial charge < -0.3 is 4.74 Å². The number of ether oxygens (including phenoxy) is 1.